The first-order valence-corrected chi connectivity index (χ1v) is 6.59. The molecule has 0 amide bonds. The van der Waals surface area contributed by atoms with Crippen LogP contribution in [0.1, 0.15) is 18.5 Å². The number of benzene rings is 1. The van der Waals surface area contributed by atoms with Crippen molar-refractivity contribution in [3.05, 3.63) is 29.0 Å². The summed E-state index contributed by atoms with van der Waals surface area (Å²) in [5, 5.41) is 10.1. The molecule has 6 heteroatoms. The molecule has 0 fully saturated rings. The van der Waals surface area contributed by atoms with Gasteiger partial charge in [-0.05, 0) is 31.0 Å². The van der Waals surface area contributed by atoms with Gasteiger partial charge in [-0.3, -0.25) is 4.79 Å². The third kappa shape index (κ3) is 3.17. The van der Waals surface area contributed by atoms with Crippen LogP contribution < -0.4 is 4.74 Å². The Labute approximate surface area is 121 Å². The van der Waals surface area contributed by atoms with Crippen molar-refractivity contribution in [1.82, 2.24) is 10.2 Å². The first-order chi connectivity index (χ1) is 9.65. The number of hydrogen-bond acceptors (Lipinski definition) is 5. The van der Waals surface area contributed by atoms with Gasteiger partial charge in [0, 0.05) is 17.2 Å². The second-order valence-corrected chi connectivity index (χ2v) is 4.64. The quantitative estimate of drug-likeness (QED) is 0.794. The molecule has 1 heterocycles. The smallest absolute Gasteiger partial charge is 0.305 e. The monoisotopic (exact) mass is 294 g/mol. The van der Waals surface area contributed by atoms with Gasteiger partial charge in [0.1, 0.15) is 5.75 Å². The van der Waals surface area contributed by atoms with Crippen LogP contribution in [0.5, 0.6) is 5.75 Å². The Morgan fingerprint density at radius 3 is 2.75 bits per heavy atom. The van der Waals surface area contributed by atoms with Crippen molar-refractivity contribution in [3.8, 4) is 5.75 Å². The molecule has 1 aromatic heterocycles. The van der Waals surface area contributed by atoms with Crippen LogP contribution in [0.2, 0.25) is 5.15 Å². The second-order valence-electron chi connectivity index (χ2n) is 4.28. The summed E-state index contributed by atoms with van der Waals surface area (Å²) in [5.41, 5.74) is 0.816. The first kappa shape index (κ1) is 14.5. The number of esters is 1. The van der Waals surface area contributed by atoms with Gasteiger partial charge in [-0.2, -0.15) is 5.10 Å². The molecule has 106 valence electrons. The number of aromatic nitrogens is 2. The van der Waals surface area contributed by atoms with Gasteiger partial charge in [-0.1, -0.05) is 11.6 Å². The third-order valence-corrected chi connectivity index (χ3v) is 3.32. The second kappa shape index (κ2) is 6.52. The van der Waals surface area contributed by atoms with Gasteiger partial charge in [0.2, 0.25) is 0 Å². The van der Waals surface area contributed by atoms with Gasteiger partial charge in [0.05, 0.1) is 19.9 Å². The summed E-state index contributed by atoms with van der Waals surface area (Å²) in [7, 11) is 2.98. The molecule has 0 N–H and O–H groups in total. The number of ether oxygens (including phenoxy) is 2. The molecule has 2 aromatic rings. The predicted octanol–water partition coefficient (Wildman–Crippen LogP) is 2.79. The number of aryl methyl sites for hydroxylation is 1. The average molecular weight is 295 g/mol. The highest BCUT2D eigenvalue weighted by atomic mass is 35.5. The fourth-order valence-corrected chi connectivity index (χ4v) is 2.17. The molecule has 0 atom stereocenters. The van der Waals surface area contributed by atoms with Crippen molar-refractivity contribution in [2.75, 3.05) is 14.2 Å². The van der Waals surface area contributed by atoms with Gasteiger partial charge >= 0.3 is 5.97 Å². The maximum Gasteiger partial charge on any atom is 0.305 e. The minimum Gasteiger partial charge on any atom is -0.497 e. The summed E-state index contributed by atoms with van der Waals surface area (Å²) in [6.45, 7) is 0. The normalized spacial score (nSPS) is 10.6. The summed E-state index contributed by atoms with van der Waals surface area (Å²) in [6.07, 6.45) is 1.66. The molecule has 0 aliphatic heterocycles. The van der Waals surface area contributed by atoms with E-state index >= 15 is 0 Å². The Morgan fingerprint density at radius 2 is 2.05 bits per heavy atom. The van der Waals surface area contributed by atoms with Crippen LogP contribution in [0, 0.1) is 0 Å². The van der Waals surface area contributed by atoms with E-state index in [4.69, 9.17) is 16.3 Å². The van der Waals surface area contributed by atoms with Crippen LogP contribution in [0.3, 0.4) is 0 Å². The largest absolute Gasteiger partial charge is 0.497 e. The zero-order valence-electron chi connectivity index (χ0n) is 11.4. The molecule has 0 radical (unpaired) electrons. The van der Waals surface area contributed by atoms with Gasteiger partial charge in [-0.25, -0.2) is 0 Å². The van der Waals surface area contributed by atoms with Gasteiger partial charge in [-0.15, -0.1) is 5.10 Å². The molecule has 20 heavy (non-hydrogen) atoms. The SMILES string of the molecule is COC(=O)CCCc1nnc(Cl)c2cc(OC)ccc12. The molecule has 0 bridgehead atoms. The number of halogens is 1. The molecule has 0 unspecified atom stereocenters. The molecule has 0 saturated carbocycles. The molecule has 1 aromatic carbocycles. The summed E-state index contributed by atoms with van der Waals surface area (Å²) < 4.78 is 9.79. The number of carbonyl (C=O) groups is 1. The van der Waals surface area contributed by atoms with Crippen LogP contribution in [-0.2, 0) is 16.0 Å². The lowest BCUT2D eigenvalue weighted by Crippen LogP contribution is -2.02. The zero-order chi connectivity index (χ0) is 14.5. The van der Waals surface area contributed by atoms with E-state index in [0.717, 1.165) is 16.5 Å². The number of methoxy groups -OCH3 is 2. The van der Waals surface area contributed by atoms with Crippen LogP contribution in [0.4, 0.5) is 0 Å². The van der Waals surface area contributed by atoms with Crippen molar-refractivity contribution in [1.29, 1.82) is 0 Å². The van der Waals surface area contributed by atoms with Crippen molar-refractivity contribution in [3.63, 3.8) is 0 Å². The molecule has 0 aliphatic carbocycles. The first-order valence-electron chi connectivity index (χ1n) is 6.21. The maximum absolute atomic E-state index is 11.1. The number of nitrogens with zero attached hydrogens (tertiary/aromatic N) is 2. The molecule has 0 aliphatic rings. The van der Waals surface area contributed by atoms with Crippen LogP contribution in [-0.4, -0.2) is 30.4 Å². The highest BCUT2D eigenvalue weighted by Gasteiger charge is 2.10. The number of fused-ring (bicyclic) bond motifs is 1. The van der Waals surface area contributed by atoms with Crippen molar-refractivity contribution < 1.29 is 14.3 Å². The van der Waals surface area contributed by atoms with Crippen LogP contribution >= 0.6 is 11.6 Å². The van der Waals surface area contributed by atoms with Gasteiger partial charge < -0.3 is 9.47 Å². The Hall–Kier alpha value is -1.88. The highest BCUT2D eigenvalue weighted by molar-refractivity contribution is 6.34. The third-order valence-electron chi connectivity index (χ3n) is 3.04. The molecule has 0 spiro atoms. The van der Waals surface area contributed by atoms with Crippen LogP contribution in [0.15, 0.2) is 18.2 Å². The topological polar surface area (TPSA) is 61.3 Å². The maximum atomic E-state index is 11.1. The lowest BCUT2D eigenvalue weighted by Gasteiger charge is -2.07. The molecule has 0 saturated heterocycles. The van der Waals surface area contributed by atoms with Crippen molar-refractivity contribution >= 4 is 28.3 Å². The molecule has 2 rings (SSSR count). The standard InChI is InChI=1S/C14H15ClN2O3/c1-19-9-6-7-10-11(8-9)14(15)17-16-12(10)4-3-5-13(18)20-2/h6-8H,3-5H2,1-2H3. The number of hydrogen-bond donors (Lipinski definition) is 0. The van der Waals surface area contributed by atoms with Crippen molar-refractivity contribution in [2.45, 2.75) is 19.3 Å². The van der Waals surface area contributed by atoms with E-state index < -0.39 is 0 Å². The van der Waals surface area contributed by atoms with Gasteiger partial charge in [0.15, 0.2) is 5.15 Å². The van der Waals surface area contributed by atoms with Crippen LogP contribution in [0.25, 0.3) is 10.8 Å². The zero-order valence-corrected chi connectivity index (χ0v) is 12.1. The number of carbonyl (C=O) groups excluding carboxylic acids is 1. The van der Waals surface area contributed by atoms with E-state index in [1.807, 2.05) is 18.2 Å². The Kier molecular flexibility index (Phi) is 4.74. The van der Waals surface area contributed by atoms with E-state index in [1.165, 1.54) is 7.11 Å². The summed E-state index contributed by atoms with van der Waals surface area (Å²) >= 11 is 6.06. The lowest BCUT2D eigenvalue weighted by atomic mass is 10.1. The fourth-order valence-electron chi connectivity index (χ4n) is 1.97. The fraction of sp³-hybridized carbons (Fsp3) is 0.357. The van der Waals surface area contributed by atoms with Crippen molar-refractivity contribution in [2.24, 2.45) is 0 Å². The van der Waals surface area contributed by atoms with E-state index in [9.17, 15) is 4.79 Å². The van der Waals surface area contributed by atoms with E-state index in [-0.39, 0.29) is 5.97 Å². The highest BCUT2D eigenvalue weighted by Crippen LogP contribution is 2.27. The Morgan fingerprint density at radius 1 is 1.25 bits per heavy atom. The van der Waals surface area contributed by atoms with E-state index in [1.54, 1.807) is 7.11 Å². The summed E-state index contributed by atoms with van der Waals surface area (Å²) in [5.74, 6) is 0.491. The summed E-state index contributed by atoms with van der Waals surface area (Å²) in [6, 6.07) is 5.59. The minimum atomic E-state index is -0.224. The Balaban J connectivity index is 2.25. The molecular formula is C14H15ClN2O3. The predicted molar refractivity (Wildman–Crippen MR) is 76.1 cm³/mol. The number of rotatable bonds is 5. The minimum absolute atomic E-state index is 0.224. The van der Waals surface area contributed by atoms with Gasteiger partial charge in [0.25, 0.3) is 0 Å². The average Bonchev–Trinajstić information content (AvgIpc) is 2.49. The Bertz CT molecular complexity index is 631. The molecular weight excluding hydrogens is 280 g/mol. The van der Waals surface area contributed by atoms with E-state index in [0.29, 0.717) is 30.2 Å². The lowest BCUT2D eigenvalue weighted by molar-refractivity contribution is -0.140. The van der Waals surface area contributed by atoms with E-state index in [2.05, 4.69) is 14.9 Å². The summed E-state index contributed by atoms with van der Waals surface area (Å²) in [4.78, 5) is 11.1. The molecule has 5 nitrogen and oxygen atoms in total.